The van der Waals surface area contributed by atoms with Crippen molar-refractivity contribution in [3.63, 3.8) is 0 Å². The van der Waals surface area contributed by atoms with E-state index < -0.39 is 9.84 Å². The standard InChI is InChI=1S/C11H16N4O3S/c1-7(2)15-6-8-5-12-10(19(4,17)18)13-9(8)14(3)11(15)16/h5,7H,6H2,1-4H3. The molecule has 7 nitrogen and oxygen atoms in total. The van der Waals surface area contributed by atoms with Gasteiger partial charge in [-0.15, -0.1) is 0 Å². The van der Waals surface area contributed by atoms with E-state index in [9.17, 15) is 13.2 Å². The molecule has 2 rings (SSSR count). The largest absolute Gasteiger partial charge is 0.325 e. The molecule has 0 atom stereocenters. The van der Waals surface area contributed by atoms with Gasteiger partial charge in [0.25, 0.3) is 0 Å². The van der Waals surface area contributed by atoms with Gasteiger partial charge in [-0.05, 0) is 13.8 Å². The summed E-state index contributed by atoms with van der Waals surface area (Å²) >= 11 is 0. The molecule has 2 heterocycles. The van der Waals surface area contributed by atoms with Crippen LogP contribution in [0.5, 0.6) is 0 Å². The SMILES string of the molecule is CC(C)N1Cc2cnc(S(C)(=O)=O)nc2N(C)C1=O. The van der Waals surface area contributed by atoms with E-state index in [-0.39, 0.29) is 17.2 Å². The van der Waals surface area contributed by atoms with Crippen molar-refractivity contribution in [2.45, 2.75) is 31.6 Å². The van der Waals surface area contributed by atoms with Crippen molar-refractivity contribution < 1.29 is 13.2 Å². The number of amides is 2. The van der Waals surface area contributed by atoms with Gasteiger partial charge in [0.05, 0.1) is 6.54 Å². The Morgan fingerprint density at radius 2 is 2.00 bits per heavy atom. The summed E-state index contributed by atoms with van der Waals surface area (Å²) in [5.41, 5.74) is 0.739. The van der Waals surface area contributed by atoms with Crippen molar-refractivity contribution in [3.8, 4) is 0 Å². The molecular weight excluding hydrogens is 268 g/mol. The smallest absolute Gasteiger partial charge is 0.317 e. The lowest BCUT2D eigenvalue weighted by molar-refractivity contribution is 0.183. The summed E-state index contributed by atoms with van der Waals surface area (Å²) in [7, 11) is -1.90. The fraction of sp³-hybridized carbons (Fsp3) is 0.545. The van der Waals surface area contributed by atoms with E-state index in [1.165, 1.54) is 11.1 Å². The fourth-order valence-corrected chi connectivity index (χ4v) is 2.40. The number of nitrogens with zero attached hydrogens (tertiary/aromatic N) is 4. The van der Waals surface area contributed by atoms with Crippen LogP contribution in [0.15, 0.2) is 11.4 Å². The summed E-state index contributed by atoms with van der Waals surface area (Å²) < 4.78 is 22.9. The van der Waals surface area contributed by atoms with Gasteiger partial charge in [0.2, 0.25) is 15.0 Å². The lowest BCUT2D eigenvalue weighted by atomic mass is 10.2. The number of hydrogen-bond donors (Lipinski definition) is 0. The monoisotopic (exact) mass is 284 g/mol. The van der Waals surface area contributed by atoms with Crippen LogP contribution >= 0.6 is 0 Å². The van der Waals surface area contributed by atoms with E-state index >= 15 is 0 Å². The quantitative estimate of drug-likeness (QED) is 0.745. The van der Waals surface area contributed by atoms with Gasteiger partial charge in [0.1, 0.15) is 5.82 Å². The third-order valence-corrected chi connectivity index (χ3v) is 3.83. The van der Waals surface area contributed by atoms with Crippen LogP contribution in [0.1, 0.15) is 19.4 Å². The molecule has 0 unspecified atom stereocenters. The van der Waals surface area contributed by atoms with Crippen molar-refractivity contribution in [1.29, 1.82) is 0 Å². The zero-order chi connectivity index (χ0) is 14.4. The highest BCUT2D eigenvalue weighted by Gasteiger charge is 2.31. The predicted molar refractivity (Wildman–Crippen MR) is 69.6 cm³/mol. The van der Waals surface area contributed by atoms with E-state index in [4.69, 9.17) is 0 Å². The average Bonchev–Trinajstić information content (AvgIpc) is 2.31. The van der Waals surface area contributed by atoms with Crippen LogP contribution in [-0.4, -0.2) is 48.7 Å². The van der Waals surface area contributed by atoms with Crippen LogP contribution in [0.25, 0.3) is 0 Å². The predicted octanol–water partition coefficient (Wildman–Crippen LogP) is 0.660. The number of carbonyl (C=O) groups excluding carboxylic acids is 1. The second-order valence-corrected chi connectivity index (χ2v) is 6.75. The van der Waals surface area contributed by atoms with Crippen LogP contribution in [0.4, 0.5) is 10.6 Å². The minimum Gasteiger partial charge on any atom is -0.317 e. The van der Waals surface area contributed by atoms with Gasteiger partial charge in [-0.1, -0.05) is 0 Å². The number of rotatable bonds is 2. The lowest BCUT2D eigenvalue weighted by Crippen LogP contribution is -2.48. The van der Waals surface area contributed by atoms with Crippen molar-refractivity contribution in [1.82, 2.24) is 14.9 Å². The fourth-order valence-electron chi connectivity index (χ4n) is 1.90. The lowest BCUT2D eigenvalue weighted by Gasteiger charge is -2.36. The van der Waals surface area contributed by atoms with E-state index in [1.807, 2.05) is 13.8 Å². The first kappa shape index (κ1) is 13.7. The van der Waals surface area contributed by atoms with Crippen molar-refractivity contribution in [2.24, 2.45) is 0 Å². The molecular formula is C11H16N4O3S. The number of hydrogen-bond acceptors (Lipinski definition) is 5. The molecule has 0 fully saturated rings. The Hall–Kier alpha value is -1.70. The average molecular weight is 284 g/mol. The molecule has 1 aliphatic rings. The van der Waals surface area contributed by atoms with E-state index in [2.05, 4.69) is 9.97 Å². The molecule has 2 amide bonds. The second-order valence-electron chi connectivity index (χ2n) is 4.84. The molecule has 0 aromatic carbocycles. The summed E-state index contributed by atoms with van der Waals surface area (Å²) in [6.07, 6.45) is 2.51. The highest BCUT2D eigenvalue weighted by molar-refractivity contribution is 7.90. The highest BCUT2D eigenvalue weighted by Crippen LogP contribution is 2.26. The number of sulfone groups is 1. The maximum atomic E-state index is 12.1. The van der Waals surface area contributed by atoms with E-state index in [0.29, 0.717) is 12.4 Å². The summed E-state index contributed by atoms with van der Waals surface area (Å²) in [4.78, 5) is 23.0. The number of fused-ring (bicyclic) bond motifs is 1. The number of anilines is 1. The Balaban J connectivity index is 2.51. The van der Waals surface area contributed by atoms with Crippen molar-refractivity contribution in [2.75, 3.05) is 18.2 Å². The maximum Gasteiger partial charge on any atom is 0.325 e. The molecule has 104 valence electrons. The zero-order valence-electron chi connectivity index (χ0n) is 11.3. The minimum atomic E-state index is -3.48. The molecule has 0 N–H and O–H groups in total. The van der Waals surface area contributed by atoms with Gasteiger partial charge in [-0.2, -0.15) is 0 Å². The Labute approximate surface area is 112 Å². The molecule has 0 bridgehead atoms. The van der Waals surface area contributed by atoms with Gasteiger partial charge in [0.15, 0.2) is 0 Å². The first-order valence-electron chi connectivity index (χ1n) is 5.82. The topological polar surface area (TPSA) is 83.5 Å². The Kier molecular flexibility index (Phi) is 3.21. The first-order chi connectivity index (χ1) is 8.71. The Bertz CT molecular complexity index is 627. The molecule has 19 heavy (non-hydrogen) atoms. The van der Waals surface area contributed by atoms with Gasteiger partial charge in [0, 0.05) is 31.1 Å². The molecule has 8 heteroatoms. The molecule has 1 aromatic rings. The van der Waals surface area contributed by atoms with Gasteiger partial charge >= 0.3 is 6.03 Å². The van der Waals surface area contributed by atoms with Crippen LogP contribution in [0, 0.1) is 0 Å². The van der Waals surface area contributed by atoms with Gasteiger partial charge in [-0.3, -0.25) is 4.90 Å². The second kappa shape index (κ2) is 4.44. The summed E-state index contributed by atoms with van der Waals surface area (Å²) in [5.74, 6) is 0.359. The van der Waals surface area contributed by atoms with Crippen LogP contribution in [0.3, 0.4) is 0 Å². The molecule has 0 radical (unpaired) electrons. The van der Waals surface area contributed by atoms with Gasteiger partial charge < -0.3 is 4.90 Å². The Morgan fingerprint density at radius 1 is 1.37 bits per heavy atom. The van der Waals surface area contributed by atoms with Crippen molar-refractivity contribution >= 4 is 21.7 Å². The highest BCUT2D eigenvalue weighted by atomic mass is 32.2. The van der Waals surface area contributed by atoms with E-state index in [0.717, 1.165) is 11.8 Å². The molecule has 0 aliphatic carbocycles. The summed E-state index contributed by atoms with van der Waals surface area (Å²) in [6.45, 7) is 4.23. The Morgan fingerprint density at radius 3 is 2.53 bits per heavy atom. The number of carbonyl (C=O) groups is 1. The van der Waals surface area contributed by atoms with Crippen molar-refractivity contribution in [3.05, 3.63) is 11.8 Å². The zero-order valence-corrected chi connectivity index (χ0v) is 12.1. The molecule has 0 saturated carbocycles. The van der Waals surface area contributed by atoms with Crippen LogP contribution in [0.2, 0.25) is 0 Å². The van der Waals surface area contributed by atoms with E-state index in [1.54, 1.807) is 11.9 Å². The third-order valence-electron chi connectivity index (χ3n) is 2.97. The van der Waals surface area contributed by atoms with Crippen LogP contribution in [-0.2, 0) is 16.4 Å². The van der Waals surface area contributed by atoms with Crippen LogP contribution < -0.4 is 4.90 Å². The summed E-state index contributed by atoms with van der Waals surface area (Å²) in [5, 5.41) is -0.260. The van der Waals surface area contributed by atoms with Gasteiger partial charge in [-0.25, -0.2) is 23.2 Å². The molecule has 0 spiro atoms. The number of urea groups is 1. The third kappa shape index (κ3) is 2.40. The molecule has 0 saturated heterocycles. The normalized spacial score (nSPS) is 15.9. The minimum absolute atomic E-state index is 0.0534. The summed E-state index contributed by atoms with van der Waals surface area (Å²) in [6, 6.07) is -0.140. The first-order valence-corrected chi connectivity index (χ1v) is 7.71. The number of aromatic nitrogens is 2. The molecule has 1 aromatic heterocycles. The molecule has 1 aliphatic heterocycles. The maximum absolute atomic E-state index is 12.1.